The van der Waals surface area contributed by atoms with Crippen LogP contribution in [0.25, 0.3) is 0 Å². The van der Waals surface area contributed by atoms with Crippen LogP contribution in [0.3, 0.4) is 0 Å². The first kappa shape index (κ1) is 12.4. The first-order valence-corrected chi connectivity index (χ1v) is 7.95. The molecular formula is C17H27BN2O2. The predicted molar refractivity (Wildman–Crippen MR) is 91.9 cm³/mol. The van der Waals surface area contributed by atoms with E-state index in [9.17, 15) is 0 Å². The Hall–Kier alpha value is -1.04. The number of nitrogens with zero attached hydrogens (tertiary/aromatic N) is 2. The molecule has 3 rings (SSSR count). The molecule has 2 heterocycles. The molecule has 2 saturated heterocycles. The third kappa shape index (κ3) is 2.90. The fourth-order valence-electron chi connectivity index (χ4n) is 2.79. The lowest BCUT2D eigenvalue weighted by molar-refractivity contribution is 0.00578. The van der Waals surface area contributed by atoms with Crippen LogP contribution < -0.4 is 10.4 Å². The first-order valence-electron chi connectivity index (χ1n) is 9.45. The number of hydrogen-bond donors (Lipinski definition) is 0. The number of piperazine rings is 1. The second-order valence-corrected chi connectivity index (χ2v) is 7.15. The van der Waals surface area contributed by atoms with Crippen LogP contribution >= 0.6 is 0 Å². The highest BCUT2D eigenvalue weighted by molar-refractivity contribution is 6.62. The van der Waals surface area contributed by atoms with Gasteiger partial charge in [0.05, 0.1) is 11.2 Å². The molecule has 5 heteroatoms. The van der Waals surface area contributed by atoms with Gasteiger partial charge in [0.2, 0.25) is 0 Å². The van der Waals surface area contributed by atoms with Gasteiger partial charge in [-0.3, -0.25) is 0 Å². The van der Waals surface area contributed by atoms with Gasteiger partial charge in [-0.2, -0.15) is 0 Å². The highest BCUT2D eigenvalue weighted by Gasteiger charge is 2.51. The first-order chi connectivity index (χ1) is 11.5. The van der Waals surface area contributed by atoms with E-state index >= 15 is 0 Å². The van der Waals surface area contributed by atoms with E-state index in [2.05, 4.69) is 17.0 Å². The monoisotopic (exact) mass is 305 g/mol. The molecule has 4 nitrogen and oxygen atoms in total. The lowest BCUT2D eigenvalue weighted by Gasteiger charge is -2.34. The van der Waals surface area contributed by atoms with E-state index in [0.717, 1.165) is 11.2 Å². The van der Waals surface area contributed by atoms with Crippen LogP contribution in [-0.4, -0.2) is 56.4 Å². The summed E-state index contributed by atoms with van der Waals surface area (Å²) in [5, 5.41) is 0. The number of hydrogen-bond acceptors (Lipinski definition) is 4. The van der Waals surface area contributed by atoms with Gasteiger partial charge >= 0.3 is 7.12 Å². The molecule has 0 amide bonds. The molecule has 0 radical (unpaired) electrons. The van der Waals surface area contributed by atoms with E-state index in [1.165, 1.54) is 0 Å². The molecular weight excluding hydrogens is 275 g/mol. The maximum Gasteiger partial charge on any atom is 0.494 e. The zero-order valence-electron chi connectivity index (χ0n) is 16.9. The van der Waals surface area contributed by atoms with Crippen molar-refractivity contribution in [3.05, 3.63) is 24.3 Å². The Morgan fingerprint density at radius 2 is 1.50 bits per heavy atom. The van der Waals surface area contributed by atoms with Gasteiger partial charge in [-0.05, 0) is 52.3 Å². The number of likely N-dealkylation sites (N-methyl/N-ethyl adjacent to an activating group) is 1. The summed E-state index contributed by atoms with van der Waals surface area (Å²) in [4.78, 5) is 3.78. The van der Waals surface area contributed by atoms with Crippen LogP contribution in [0.1, 0.15) is 31.8 Å². The highest BCUT2D eigenvalue weighted by Crippen LogP contribution is 2.36. The molecule has 1 aromatic carbocycles. The van der Waals surface area contributed by atoms with Crippen molar-refractivity contribution >= 4 is 18.3 Å². The molecule has 2 aliphatic rings. The van der Waals surface area contributed by atoms with Gasteiger partial charge in [-0.15, -0.1) is 0 Å². The van der Waals surface area contributed by atoms with Crippen LogP contribution in [0.15, 0.2) is 24.3 Å². The van der Waals surface area contributed by atoms with E-state index < -0.39 is 6.98 Å². The van der Waals surface area contributed by atoms with Gasteiger partial charge in [0.15, 0.2) is 0 Å². The molecule has 0 bridgehead atoms. The number of rotatable bonds is 2. The minimum Gasteiger partial charge on any atom is -0.399 e. The summed E-state index contributed by atoms with van der Waals surface area (Å²) in [5.74, 6) is 0. The van der Waals surface area contributed by atoms with E-state index in [4.69, 9.17) is 13.4 Å². The Labute approximate surface area is 138 Å². The minimum atomic E-state index is -1.99. The Morgan fingerprint density at radius 1 is 0.955 bits per heavy atom. The van der Waals surface area contributed by atoms with Crippen molar-refractivity contribution < 1.29 is 13.4 Å². The lowest BCUT2D eigenvalue weighted by Crippen LogP contribution is -2.44. The normalized spacial score (nSPS) is 27.4. The van der Waals surface area contributed by atoms with Gasteiger partial charge in [0, 0.05) is 36.0 Å². The standard InChI is InChI=1S/C17H27BN2O2/c1-16(2)17(3,4)22-18(21-16)14-6-8-15(9-7-14)20-12-10-19(5)11-13-20/h6-9H,10-13H2,1-5H3/i5D3. The third-order valence-corrected chi connectivity index (χ3v) is 5.06. The molecule has 0 N–H and O–H groups in total. The average molecular weight is 305 g/mol. The fourth-order valence-corrected chi connectivity index (χ4v) is 2.79. The molecule has 2 fully saturated rings. The summed E-state index contributed by atoms with van der Waals surface area (Å²) < 4.78 is 34.7. The van der Waals surface area contributed by atoms with Crippen molar-refractivity contribution in [1.29, 1.82) is 0 Å². The second-order valence-electron chi connectivity index (χ2n) is 7.15. The van der Waals surface area contributed by atoms with E-state index in [1.54, 1.807) is 4.90 Å². The molecule has 120 valence electrons. The second kappa shape index (κ2) is 5.55. The van der Waals surface area contributed by atoms with Crippen molar-refractivity contribution in [2.24, 2.45) is 0 Å². The molecule has 2 aliphatic heterocycles. The third-order valence-electron chi connectivity index (χ3n) is 5.06. The molecule has 0 spiro atoms. The zero-order valence-corrected chi connectivity index (χ0v) is 13.9. The summed E-state index contributed by atoms with van der Waals surface area (Å²) in [6.07, 6.45) is 0. The van der Waals surface area contributed by atoms with Crippen molar-refractivity contribution in [3.63, 3.8) is 0 Å². The summed E-state index contributed by atoms with van der Waals surface area (Å²) in [6, 6.07) is 8.19. The highest BCUT2D eigenvalue weighted by atomic mass is 16.7. The van der Waals surface area contributed by atoms with Gasteiger partial charge in [-0.1, -0.05) is 12.1 Å². The van der Waals surface area contributed by atoms with Crippen molar-refractivity contribution in [1.82, 2.24) is 4.90 Å². The van der Waals surface area contributed by atoms with Gasteiger partial charge in [0.1, 0.15) is 0 Å². The summed E-state index contributed by atoms with van der Waals surface area (Å²) >= 11 is 0. The Morgan fingerprint density at radius 3 is 2.00 bits per heavy atom. The lowest BCUT2D eigenvalue weighted by atomic mass is 9.79. The van der Waals surface area contributed by atoms with Crippen molar-refractivity contribution in [2.75, 3.05) is 38.1 Å². The van der Waals surface area contributed by atoms with Crippen LogP contribution in [0, 0.1) is 0 Å². The Kier molecular flexibility index (Phi) is 3.13. The molecule has 1 aromatic rings. The molecule has 0 atom stereocenters. The van der Waals surface area contributed by atoms with E-state index in [0.29, 0.717) is 26.2 Å². The van der Waals surface area contributed by atoms with Crippen molar-refractivity contribution in [3.8, 4) is 0 Å². The fraction of sp³-hybridized carbons (Fsp3) is 0.647. The molecule has 0 saturated carbocycles. The smallest absolute Gasteiger partial charge is 0.399 e. The molecule has 22 heavy (non-hydrogen) atoms. The summed E-state index contributed by atoms with van der Waals surface area (Å²) in [6.45, 7) is 8.73. The predicted octanol–water partition coefficient (Wildman–Crippen LogP) is 1.74. The average Bonchev–Trinajstić information content (AvgIpc) is 2.75. The number of benzene rings is 1. The van der Waals surface area contributed by atoms with Gasteiger partial charge < -0.3 is 19.1 Å². The van der Waals surface area contributed by atoms with Crippen LogP contribution in [0.5, 0.6) is 0 Å². The van der Waals surface area contributed by atoms with E-state index in [-0.39, 0.29) is 18.3 Å². The Bertz CT molecular complexity index is 595. The molecule has 0 aliphatic carbocycles. The maximum atomic E-state index is 7.50. The quantitative estimate of drug-likeness (QED) is 0.777. The molecule has 0 unspecified atom stereocenters. The van der Waals surface area contributed by atoms with Gasteiger partial charge in [-0.25, -0.2) is 0 Å². The van der Waals surface area contributed by atoms with Crippen LogP contribution in [0.2, 0.25) is 0 Å². The number of anilines is 1. The Balaban J connectivity index is 1.64. The summed E-state index contributed by atoms with van der Waals surface area (Å²) in [5.41, 5.74) is 1.41. The topological polar surface area (TPSA) is 24.9 Å². The maximum absolute atomic E-state index is 7.50. The van der Waals surface area contributed by atoms with Gasteiger partial charge in [0.25, 0.3) is 0 Å². The summed E-state index contributed by atoms with van der Waals surface area (Å²) in [7, 11) is -0.355. The van der Waals surface area contributed by atoms with E-state index in [1.807, 2.05) is 39.8 Å². The molecule has 0 aromatic heterocycles. The van der Waals surface area contributed by atoms with Crippen LogP contribution in [-0.2, 0) is 9.31 Å². The SMILES string of the molecule is [2H]C([2H])([2H])N1CCN(c2ccc(B3OC(C)(C)C(C)(C)O3)cc2)CC1. The largest absolute Gasteiger partial charge is 0.494 e. The van der Waals surface area contributed by atoms with Crippen LogP contribution in [0.4, 0.5) is 5.69 Å². The zero-order chi connectivity index (χ0) is 18.5. The minimum absolute atomic E-state index is 0.345. The van der Waals surface area contributed by atoms with Crippen molar-refractivity contribution in [2.45, 2.75) is 38.9 Å².